The van der Waals surface area contributed by atoms with Gasteiger partial charge in [-0.25, -0.2) is 0 Å². The largest absolute Gasteiger partial charge is 0.469 e. The van der Waals surface area contributed by atoms with E-state index in [0.717, 1.165) is 32.4 Å². The van der Waals surface area contributed by atoms with Gasteiger partial charge in [0.05, 0.1) is 7.11 Å². The summed E-state index contributed by atoms with van der Waals surface area (Å²) >= 11 is 0. The van der Waals surface area contributed by atoms with Crippen molar-refractivity contribution in [3.05, 3.63) is 35.9 Å². The normalized spacial score (nSPS) is 10.4. The number of rotatable bonds is 12. The SMILES string of the molecule is COC(=O)CCCC(=O)CCCCCNCc1ccccc1. The van der Waals surface area contributed by atoms with Crippen molar-refractivity contribution in [1.29, 1.82) is 0 Å². The van der Waals surface area contributed by atoms with Crippen LogP contribution in [0.2, 0.25) is 0 Å². The average Bonchev–Trinajstić information content (AvgIpc) is 2.54. The highest BCUT2D eigenvalue weighted by Gasteiger charge is 2.05. The third kappa shape index (κ3) is 9.29. The van der Waals surface area contributed by atoms with Crippen molar-refractivity contribution >= 4 is 11.8 Å². The van der Waals surface area contributed by atoms with Crippen LogP contribution in [0, 0.1) is 0 Å². The Bertz CT molecular complexity index is 431. The quantitative estimate of drug-likeness (QED) is 0.476. The van der Waals surface area contributed by atoms with Crippen molar-refractivity contribution in [2.75, 3.05) is 13.7 Å². The molecule has 1 N–H and O–H groups in total. The van der Waals surface area contributed by atoms with E-state index in [1.807, 2.05) is 18.2 Å². The minimum Gasteiger partial charge on any atom is -0.469 e. The highest BCUT2D eigenvalue weighted by Crippen LogP contribution is 2.06. The number of Topliss-reactive ketones (excluding diaryl/α,β-unsaturated/α-hetero) is 1. The van der Waals surface area contributed by atoms with E-state index in [9.17, 15) is 9.59 Å². The molecule has 0 saturated carbocycles. The van der Waals surface area contributed by atoms with E-state index in [0.29, 0.717) is 25.7 Å². The number of nitrogens with one attached hydrogen (secondary N) is 1. The maximum absolute atomic E-state index is 11.6. The highest BCUT2D eigenvalue weighted by atomic mass is 16.5. The standard InChI is InChI=1S/C18H27NO3/c1-22-18(21)13-8-12-17(20)11-6-3-7-14-19-15-16-9-4-2-5-10-16/h2,4-5,9-10,19H,3,6-8,11-15H2,1H3. The summed E-state index contributed by atoms with van der Waals surface area (Å²) in [6, 6.07) is 10.3. The van der Waals surface area contributed by atoms with Gasteiger partial charge in [0.25, 0.3) is 0 Å². The van der Waals surface area contributed by atoms with Crippen LogP contribution in [0.5, 0.6) is 0 Å². The summed E-state index contributed by atoms with van der Waals surface area (Å²) in [5, 5.41) is 3.41. The number of hydrogen-bond donors (Lipinski definition) is 1. The van der Waals surface area contributed by atoms with Crippen LogP contribution in [0.3, 0.4) is 0 Å². The summed E-state index contributed by atoms with van der Waals surface area (Å²) in [7, 11) is 1.37. The zero-order valence-corrected chi connectivity index (χ0v) is 13.5. The topological polar surface area (TPSA) is 55.4 Å². The van der Waals surface area contributed by atoms with Crippen LogP contribution in [-0.2, 0) is 20.9 Å². The second-order valence-corrected chi connectivity index (χ2v) is 5.44. The first-order valence-corrected chi connectivity index (χ1v) is 8.05. The molecule has 0 unspecified atom stereocenters. The number of hydrogen-bond acceptors (Lipinski definition) is 4. The third-order valence-corrected chi connectivity index (χ3v) is 3.55. The molecule has 0 aliphatic rings. The number of ketones is 1. The highest BCUT2D eigenvalue weighted by molar-refractivity contribution is 5.79. The molecule has 4 heteroatoms. The molecule has 122 valence electrons. The minimum absolute atomic E-state index is 0.239. The molecule has 0 radical (unpaired) electrons. The molecule has 0 aliphatic heterocycles. The van der Waals surface area contributed by atoms with Gasteiger partial charge in [0.2, 0.25) is 0 Å². The summed E-state index contributed by atoms with van der Waals surface area (Å²) in [6.45, 7) is 1.87. The van der Waals surface area contributed by atoms with E-state index < -0.39 is 0 Å². The van der Waals surface area contributed by atoms with Gasteiger partial charge in [-0.2, -0.15) is 0 Å². The summed E-state index contributed by atoms with van der Waals surface area (Å²) < 4.78 is 4.54. The number of ether oxygens (including phenoxy) is 1. The molecule has 0 fully saturated rings. The Morgan fingerprint density at radius 2 is 1.68 bits per heavy atom. The van der Waals surface area contributed by atoms with Crippen LogP contribution >= 0.6 is 0 Å². The summed E-state index contributed by atoms with van der Waals surface area (Å²) in [5.41, 5.74) is 1.29. The zero-order chi connectivity index (χ0) is 16.0. The molecular weight excluding hydrogens is 278 g/mol. The van der Waals surface area contributed by atoms with Crippen molar-refractivity contribution in [1.82, 2.24) is 5.32 Å². The van der Waals surface area contributed by atoms with Crippen molar-refractivity contribution < 1.29 is 14.3 Å². The molecule has 0 heterocycles. The fraction of sp³-hybridized carbons (Fsp3) is 0.556. The first-order chi connectivity index (χ1) is 10.7. The molecule has 0 aliphatic carbocycles. The number of benzene rings is 1. The van der Waals surface area contributed by atoms with Crippen molar-refractivity contribution in [3.8, 4) is 0 Å². The van der Waals surface area contributed by atoms with E-state index in [1.165, 1.54) is 12.7 Å². The Labute approximate surface area is 133 Å². The van der Waals surface area contributed by atoms with Crippen LogP contribution < -0.4 is 5.32 Å². The molecule has 1 rings (SSSR count). The fourth-order valence-corrected chi connectivity index (χ4v) is 2.23. The lowest BCUT2D eigenvalue weighted by Gasteiger charge is -2.05. The van der Waals surface area contributed by atoms with Crippen LogP contribution in [0.15, 0.2) is 30.3 Å². The number of methoxy groups -OCH3 is 1. The van der Waals surface area contributed by atoms with E-state index in [-0.39, 0.29) is 11.8 Å². The van der Waals surface area contributed by atoms with Gasteiger partial charge in [0.1, 0.15) is 5.78 Å². The second kappa shape index (κ2) is 11.9. The molecule has 0 saturated heterocycles. The summed E-state index contributed by atoms with van der Waals surface area (Å²) in [5.74, 6) is 0.0124. The van der Waals surface area contributed by atoms with Crippen LogP contribution in [0.1, 0.15) is 50.5 Å². The minimum atomic E-state index is -0.239. The molecule has 0 bridgehead atoms. The molecular formula is C18H27NO3. The lowest BCUT2D eigenvalue weighted by molar-refractivity contribution is -0.140. The van der Waals surface area contributed by atoms with Gasteiger partial charge in [-0.05, 0) is 31.4 Å². The molecule has 0 amide bonds. The summed E-state index contributed by atoms with van der Waals surface area (Å²) in [4.78, 5) is 22.5. The smallest absolute Gasteiger partial charge is 0.305 e. The van der Waals surface area contributed by atoms with Gasteiger partial charge in [0, 0.05) is 25.8 Å². The zero-order valence-electron chi connectivity index (χ0n) is 13.5. The Hall–Kier alpha value is -1.68. The first kappa shape index (κ1) is 18.4. The average molecular weight is 305 g/mol. The second-order valence-electron chi connectivity index (χ2n) is 5.44. The first-order valence-electron chi connectivity index (χ1n) is 8.05. The Balaban J connectivity index is 1.90. The van der Waals surface area contributed by atoms with Gasteiger partial charge < -0.3 is 10.1 Å². The van der Waals surface area contributed by atoms with Crippen LogP contribution in [-0.4, -0.2) is 25.4 Å². The van der Waals surface area contributed by atoms with Crippen molar-refractivity contribution in [2.24, 2.45) is 0 Å². The van der Waals surface area contributed by atoms with E-state index in [4.69, 9.17) is 0 Å². The van der Waals surface area contributed by atoms with E-state index in [2.05, 4.69) is 22.2 Å². The number of esters is 1. The van der Waals surface area contributed by atoms with Gasteiger partial charge in [-0.15, -0.1) is 0 Å². The Morgan fingerprint density at radius 3 is 2.41 bits per heavy atom. The van der Waals surface area contributed by atoms with Crippen LogP contribution in [0.25, 0.3) is 0 Å². The molecule has 1 aromatic carbocycles. The number of carbonyl (C=O) groups is 2. The molecule has 0 aromatic heterocycles. The lowest BCUT2D eigenvalue weighted by atomic mass is 10.1. The van der Waals surface area contributed by atoms with Crippen molar-refractivity contribution in [2.45, 2.75) is 51.5 Å². The van der Waals surface area contributed by atoms with E-state index in [1.54, 1.807) is 0 Å². The van der Waals surface area contributed by atoms with Gasteiger partial charge in [-0.1, -0.05) is 36.8 Å². The Morgan fingerprint density at radius 1 is 0.955 bits per heavy atom. The molecule has 0 spiro atoms. The van der Waals surface area contributed by atoms with Crippen molar-refractivity contribution in [3.63, 3.8) is 0 Å². The van der Waals surface area contributed by atoms with Gasteiger partial charge in [0.15, 0.2) is 0 Å². The Kier molecular flexibility index (Phi) is 9.96. The predicted octanol–water partition coefficient (Wildman–Crippen LogP) is 3.25. The van der Waals surface area contributed by atoms with Gasteiger partial charge in [-0.3, -0.25) is 9.59 Å². The monoisotopic (exact) mass is 305 g/mol. The number of carbonyl (C=O) groups excluding carboxylic acids is 2. The predicted molar refractivity (Wildman–Crippen MR) is 87.5 cm³/mol. The van der Waals surface area contributed by atoms with Gasteiger partial charge >= 0.3 is 5.97 Å². The maximum atomic E-state index is 11.6. The van der Waals surface area contributed by atoms with Crippen LogP contribution in [0.4, 0.5) is 0 Å². The fourth-order valence-electron chi connectivity index (χ4n) is 2.23. The third-order valence-electron chi connectivity index (χ3n) is 3.55. The molecule has 1 aromatic rings. The molecule has 4 nitrogen and oxygen atoms in total. The van der Waals surface area contributed by atoms with E-state index >= 15 is 0 Å². The summed E-state index contributed by atoms with van der Waals surface area (Å²) in [6.07, 6.45) is 5.13. The number of unbranched alkanes of at least 4 members (excludes halogenated alkanes) is 2. The molecule has 0 atom stereocenters. The lowest BCUT2D eigenvalue weighted by Crippen LogP contribution is -2.14. The molecule has 22 heavy (non-hydrogen) atoms. The maximum Gasteiger partial charge on any atom is 0.305 e.